The molecule has 100 valence electrons. The first-order valence-electron chi connectivity index (χ1n) is 6.36. The van der Waals surface area contributed by atoms with E-state index in [1.807, 2.05) is 37.3 Å². The van der Waals surface area contributed by atoms with Gasteiger partial charge < -0.3 is 10.5 Å². The predicted molar refractivity (Wildman–Crippen MR) is 79.7 cm³/mol. The maximum absolute atomic E-state index is 5.99. The maximum Gasteiger partial charge on any atom is 0.120 e. The first-order chi connectivity index (χ1) is 9.20. The molecule has 2 nitrogen and oxygen atoms in total. The molecule has 0 unspecified atom stereocenters. The van der Waals surface area contributed by atoms with E-state index in [-0.39, 0.29) is 0 Å². The highest BCUT2D eigenvalue weighted by atomic mass is 35.5. The zero-order valence-electron chi connectivity index (χ0n) is 11.0. The van der Waals surface area contributed by atoms with Gasteiger partial charge in [-0.25, -0.2) is 0 Å². The number of ether oxygens (including phenoxy) is 1. The van der Waals surface area contributed by atoms with Crippen molar-refractivity contribution < 1.29 is 4.74 Å². The van der Waals surface area contributed by atoms with Crippen molar-refractivity contribution >= 4 is 11.6 Å². The summed E-state index contributed by atoms with van der Waals surface area (Å²) in [6.07, 6.45) is 0.874. The minimum absolute atomic E-state index is 0.553. The second-order valence-electron chi connectivity index (χ2n) is 4.51. The van der Waals surface area contributed by atoms with Crippen molar-refractivity contribution in [3.05, 3.63) is 64.2 Å². The summed E-state index contributed by atoms with van der Waals surface area (Å²) in [5.74, 6) is 0.837. The molecule has 3 heteroatoms. The van der Waals surface area contributed by atoms with Gasteiger partial charge in [0.15, 0.2) is 0 Å². The highest BCUT2D eigenvalue weighted by Gasteiger charge is 2.03. The van der Waals surface area contributed by atoms with Crippen LogP contribution in [0.3, 0.4) is 0 Å². The first-order valence-corrected chi connectivity index (χ1v) is 6.74. The van der Waals surface area contributed by atoms with E-state index >= 15 is 0 Å². The summed E-state index contributed by atoms with van der Waals surface area (Å²) in [5, 5.41) is 0.760. The van der Waals surface area contributed by atoms with E-state index in [4.69, 9.17) is 22.1 Å². The van der Waals surface area contributed by atoms with Crippen molar-refractivity contribution in [1.29, 1.82) is 0 Å². The van der Waals surface area contributed by atoms with Crippen LogP contribution in [0.2, 0.25) is 5.02 Å². The summed E-state index contributed by atoms with van der Waals surface area (Å²) >= 11 is 5.99. The van der Waals surface area contributed by atoms with Gasteiger partial charge in [0.1, 0.15) is 12.4 Å². The molecule has 0 aromatic heterocycles. The molecule has 0 aliphatic carbocycles. The van der Waals surface area contributed by atoms with Gasteiger partial charge in [-0.3, -0.25) is 0 Å². The molecule has 0 aliphatic heterocycles. The summed E-state index contributed by atoms with van der Waals surface area (Å²) in [7, 11) is 0. The SMILES string of the molecule is Cc1cc(OCc2ccccc2CCN)ccc1Cl. The summed E-state index contributed by atoms with van der Waals surface area (Å²) in [5.41, 5.74) is 9.07. The van der Waals surface area contributed by atoms with Crippen molar-refractivity contribution in [2.24, 2.45) is 5.73 Å². The lowest BCUT2D eigenvalue weighted by molar-refractivity contribution is 0.305. The second kappa shape index (κ2) is 6.60. The van der Waals surface area contributed by atoms with Crippen molar-refractivity contribution in [3.63, 3.8) is 0 Å². The minimum Gasteiger partial charge on any atom is -0.489 e. The Labute approximate surface area is 119 Å². The van der Waals surface area contributed by atoms with Gasteiger partial charge in [0.05, 0.1) is 0 Å². The molecule has 2 aromatic rings. The summed E-state index contributed by atoms with van der Waals surface area (Å²) in [6, 6.07) is 13.9. The van der Waals surface area contributed by atoms with E-state index in [9.17, 15) is 0 Å². The van der Waals surface area contributed by atoms with Gasteiger partial charge in [0.25, 0.3) is 0 Å². The molecule has 0 radical (unpaired) electrons. The van der Waals surface area contributed by atoms with E-state index in [0.717, 1.165) is 22.8 Å². The quantitative estimate of drug-likeness (QED) is 0.902. The lowest BCUT2D eigenvalue weighted by atomic mass is 10.1. The normalized spacial score (nSPS) is 10.5. The van der Waals surface area contributed by atoms with Gasteiger partial charge in [-0.15, -0.1) is 0 Å². The van der Waals surface area contributed by atoms with Crippen LogP contribution in [0.5, 0.6) is 5.75 Å². The molecule has 0 spiro atoms. The largest absolute Gasteiger partial charge is 0.489 e. The van der Waals surface area contributed by atoms with Crippen LogP contribution >= 0.6 is 11.6 Å². The van der Waals surface area contributed by atoms with Gasteiger partial charge in [0.2, 0.25) is 0 Å². The second-order valence-corrected chi connectivity index (χ2v) is 4.91. The Kier molecular flexibility index (Phi) is 4.83. The lowest BCUT2D eigenvalue weighted by Gasteiger charge is -2.11. The standard InChI is InChI=1S/C16H18ClNO/c1-12-10-15(6-7-16(12)17)19-11-14-5-3-2-4-13(14)8-9-18/h2-7,10H,8-9,11,18H2,1H3. The number of nitrogens with two attached hydrogens (primary N) is 1. The molecule has 2 aromatic carbocycles. The fourth-order valence-corrected chi connectivity index (χ4v) is 2.08. The van der Waals surface area contributed by atoms with Crippen LogP contribution in [0.1, 0.15) is 16.7 Å². The average molecular weight is 276 g/mol. The predicted octanol–water partition coefficient (Wildman–Crippen LogP) is 3.73. The molecule has 0 fully saturated rings. The molecule has 0 amide bonds. The highest BCUT2D eigenvalue weighted by molar-refractivity contribution is 6.31. The summed E-state index contributed by atoms with van der Waals surface area (Å²) in [4.78, 5) is 0. The molecule has 0 saturated carbocycles. The Bertz CT molecular complexity index is 554. The Morgan fingerprint density at radius 3 is 2.53 bits per heavy atom. The molecule has 2 N–H and O–H groups in total. The zero-order chi connectivity index (χ0) is 13.7. The number of hydrogen-bond acceptors (Lipinski definition) is 2. The average Bonchev–Trinajstić information content (AvgIpc) is 2.42. The van der Waals surface area contributed by atoms with E-state index in [0.29, 0.717) is 13.2 Å². The fraction of sp³-hybridized carbons (Fsp3) is 0.250. The third-order valence-corrected chi connectivity index (χ3v) is 3.48. The van der Waals surface area contributed by atoms with Gasteiger partial charge in [-0.2, -0.15) is 0 Å². The number of halogens is 1. The number of rotatable bonds is 5. The molecular weight excluding hydrogens is 258 g/mol. The Morgan fingerprint density at radius 2 is 1.84 bits per heavy atom. The van der Waals surface area contributed by atoms with E-state index in [1.165, 1.54) is 11.1 Å². The number of aryl methyl sites for hydroxylation is 1. The monoisotopic (exact) mass is 275 g/mol. The Morgan fingerprint density at radius 1 is 1.11 bits per heavy atom. The van der Waals surface area contributed by atoms with Crippen LogP contribution < -0.4 is 10.5 Å². The van der Waals surface area contributed by atoms with Crippen LogP contribution in [-0.4, -0.2) is 6.54 Å². The third-order valence-electron chi connectivity index (χ3n) is 3.06. The van der Waals surface area contributed by atoms with Gasteiger partial charge in [-0.05, 0) is 54.8 Å². The van der Waals surface area contributed by atoms with Crippen LogP contribution in [0, 0.1) is 6.92 Å². The zero-order valence-corrected chi connectivity index (χ0v) is 11.8. The van der Waals surface area contributed by atoms with E-state index in [2.05, 4.69) is 12.1 Å². The molecule has 19 heavy (non-hydrogen) atoms. The Balaban J connectivity index is 2.07. The first kappa shape index (κ1) is 13.9. The van der Waals surface area contributed by atoms with Crippen LogP contribution in [0.15, 0.2) is 42.5 Å². The summed E-state index contributed by atoms with van der Waals surface area (Å²) < 4.78 is 5.82. The van der Waals surface area contributed by atoms with Crippen molar-refractivity contribution in [2.45, 2.75) is 20.0 Å². The topological polar surface area (TPSA) is 35.2 Å². The summed E-state index contributed by atoms with van der Waals surface area (Å²) in [6.45, 7) is 3.17. The van der Waals surface area contributed by atoms with Crippen molar-refractivity contribution in [3.8, 4) is 5.75 Å². The molecular formula is C16H18ClNO. The Hall–Kier alpha value is -1.51. The van der Waals surface area contributed by atoms with Gasteiger partial charge >= 0.3 is 0 Å². The number of hydrogen-bond donors (Lipinski definition) is 1. The van der Waals surface area contributed by atoms with Crippen LogP contribution in [-0.2, 0) is 13.0 Å². The van der Waals surface area contributed by atoms with Gasteiger partial charge in [0, 0.05) is 5.02 Å². The molecule has 2 rings (SSSR count). The third kappa shape index (κ3) is 3.72. The van der Waals surface area contributed by atoms with Crippen LogP contribution in [0.25, 0.3) is 0 Å². The molecule has 0 heterocycles. The maximum atomic E-state index is 5.99. The van der Waals surface area contributed by atoms with Crippen LogP contribution in [0.4, 0.5) is 0 Å². The highest BCUT2D eigenvalue weighted by Crippen LogP contribution is 2.22. The van der Waals surface area contributed by atoms with Gasteiger partial charge in [-0.1, -0.05) is 35.9 Å². The van der Waals surface area contributed by atoms with Crippen molar-refractivity contribution in [2.75, 3.05) is 6.54 Å². The molecule has 0 bridgehead atoms. The van der Waals surface area contributed by atoms with Crippen molar-refractivity contribution in [1.82, 2.24) is 0 Å². The molecule has 0 aliphatic rings. The number of benzene rings is 2. The molecule has 0 atom stereocenters. The molecule has 0 saturated heterocycles. The minimum atomic E-state index is 0.553. The van der Waals surface area contributed by atoms with E-state index < -0.39 is 0 Å². The smallest absolute Gasteiger partial charge is 0.120 e. The fourth-order valence-electron chi connectivity index (χ4n) is 1.97. The lowest BCUT2D eigenvalue weighted by Crippen LogP contribution is -2.07. The van der Waals surface area contributed by atoms with E-state index in [1.54, 1.807) is 0 Å².